The molecule has 2 amide bonds. The highest BCUT2D eigenvalue weighted by Crippen LogP contribution is 2.21. The Morgan fingerprint density at radius 2 is 2.15 bits per heavy atom. The highest BCUT2D eigenvalue weighted by atomic mass is 16.5. The molecular formula is C15H21N3O2. The van der Waals surface area contributed by atoms with Crippen LogP contribution in [0.1, 0.15) is 5.56 Å². The summed E-state index contributed by atoms with van der Waals surface area (Å²) in [6.45, 7) is 4.48. The fraction of sp³-hybridized carbons (Fsp3) is 0.533. The maximum Gasteiger partial charge on any atom is 0.320 e. The molecule has 0 saturated carbocycles. The van der Waals surface area contributed by atoms with Crippen molar-refractivity contribution in [3.8, 4) is 5.75 Å². The number of hydrogen-bond acceptors (Lipinski definition) is 3. The first-order valence-corrected chi connectivity index (χ1v) is 7.04. The van der Waals surface area contributed by atoms with E-state index in [1.54, 1.807) is 7.11 Å². The average molecular weight is 275 g/mol. The number of rotatable bonds is 3. The van der Waals surface area contributed by atoms with Crippen molar-refractivity contribution in [2.24, 2.45) is 0 Å². The second-order valence-electron chi connectivity index (χ2n) is 5.60. The van der Waals surface area contributed by atoms with Crippen molar-refractivity contribution in [3.63, 3.8) is 0 Å². The lowest BCUT2D eigenvalue weighted by Gasteiger charge is -2.36. The van der Waals surface area contributed by atoms with E-state index in [9.17, 15) is 4.79 Å². The van der Waals surface area contributed by atoms with Gasteiger partial charge in [-0.25, -0.2) is 4.79 Å². The highest BCUT2D eigenvalue weighted by Gasteiger charge is 2.38. The first kappa shape index (κ1) is 13.2. The van der Waals surface area contributed by atoms with Crippen molar-refractivity contribution < 1.29 is 9.53 Å². The molecule has 1 aromatic carbocycles. The molecule has 5 heteroatoms. The van der Waals surface area contributed by atoms with Crippen LogP contribution in [0, 0.1) is 0 Å². The molecule has 0 N–H and O–H groups in total. The second-order valence-corrected chi connectivity index (χ2v) is 5.60. The summed E-state index contributed by atoms with van der Waals surface area (Å²) < 4.78 is 5.26. The summed E-state index contributed by atoms with van der Waals surface area (Å²) in [5.74, 6) is 0.900. The number of ether oxygens (including phenoxy) is 1. The molecule has 108 valence electrons. The van der Waals surface area contributed by atoms with E-state index >= 15 is 0 Å². The summed E-state index contributed by atoms with van der Waals surface area (Å²) in [6.07, 6.45) is 0. The summed E-state index contributed by atoms with van der Waals surface area (Å²) in [7, 11) is 3.57. The maximum absolute atomic E-state index is 11.9. The summed E-state index contributed by atoms with van der Waals surface area (Å²) in [6, 6.07) is 8.71. The van der Waals surface area contributed by atoms with Gasteiger partial charge >= 0.3 is 6.03 Å². The van der Waals surface area contributed by atoms with E-state index in [4.69, 9.17) is 4.74 Å². The number of hydrogen-bond donors (Lipinski definition) is 0. The maximum atomic E-state index is 11.9. The predicted octanol–water partition coefficient (Wildman–Crippen LogP) is 1.25. The van der Waals surface area contributed by atoms with E-state index in [0.29, 0.717) is 6.04 Å². The largest absolute Gasteiger partial charge is 0.497 e. The van der Waals surface area contributed by atoms with Gasteiger partial charge in [-0.05, 0) is 17.7 Å². The first-order chi connectivity index (χ1) is 9.67. The fourth-order valence-corrected chi connectivity index (χ4v) is 3.11. The highest BCUT2D eigenvalue weighted by molar-refractivity contribution is 5.77. The Hall–Kier alpha value is -1.75. The SMILES string of the molecule is COc1cccc(CN2CCN3C(=O)N(C)CC3C2)c1. The molecule has 3 rings (SSSR count). The average Bonchev–Trinajstić information content (AvgIpc) is 2.74. The third-order valence-corrected chi connectivity index (χ3v) is 4.16. The van der Waals surface area contributed by atoms with Crippen LogP contribution in [0.5, 0.6) is 5.75 Å². The number of carbonyl (C=O) groups excluding carboxylic acids is 1. The molecule has 2 aliphatic rings. The Kier molecular flexibility index (Phi) is 3.53. The van der Waals surface area contributed by atoms with Crippen LogP contribution in [0.2, 0.25) is 0 Å². The smallest absolute Gasteiger partial charge is 0.320 e. The molecule has 0 aliphatic carbocycles. The van der Waals surface area contributed by atoms with Gasteiger partial charge in [0.2, 0.25) is 0 Å². The Bertz CT molecular complexity index is 506. The molecule has 0 aromatic heterocycles. The van der Waals surface area contributed by atoms with E-state index in [1.807, 2.05) is 29.0 Å². The number of likely N-dealkylation sites (N-methyl/N-ethyl adjacent to an activating group) is 1. The van der Waals surface area contributed by atoms with Crippen LogP contribution in [0.4, 0.5) is 4.79 Å². The number of carbonyl (C=O) groups is 1. The van der Waals surface area contributed by atoms with Crippen molar-refractivity contribution >= 4 is 6.03 Å². The topological polar surface area (TPSA) is 36.0 Å². The first-order valence-electron chi connectivity index (χ1n) is 7.04. The van der Waals surface area contributed by atoms with E-state index in [1.165, 1.54) is 5.56 Å². The molecule has 2 heterocycles. The van der Waals surface area contributed by atoms with Gasteiger partial charge in [-0.2, -0.15) is 0 Å². The van der Waals surface area contributed by atoms with Gasteiger partial charge < -0.3 is 14.5 Å². The lowest BCUT2D eigenvalue weighted by atomic mass is 10.1. The Balaban J connectivity index is 1.64. The number of nitrogens with zero attached hydrogens (tertiary/aromatic N) is 3. The molecule has 2 aliphatic heterocycles. The van der Waals surface area contributed by atoms with Crippen LogP contribution in [0.25, 0.3) is 0 Å². The van der Waals surface area contributed by atoms with Gasteiger partial charge in [0, 0.05) is 39.8 Å². The monoisotopic (exact) mass is 275 g/mol. The van der Waals surface area contributed by atoms with Crippen molar-refractivity contribution in [1.29, 1.82) is 0 Å². The van der Waals surface area contributed by atoms with Gasteiger partial charge in [0.25, 0.3) is 0 Å². The van der Waals surface area contributed by atoms with Gasteiger partial charge in [0.1, 0.15) is 5.75 Å². The molecule has 0 radical (unpaired) electrons. The minimum atomic E-state index is 0.177. The van der Waals surface area contributed by atoms with Gasteiger partial charge in [0.15, 0.2) is 0 Å². The molecule has 1 aromatic rings. The number of methoxy groups -OCH3 is 1. The van der Waals surface area contributed by atoms with Crippen LogP contribution < -0.4 is 4.74 Å². The van der Waals surface area contributed by atoms with Crippen LogP contribution >= 0.6 is 0 Å². The summed E-state index contributed by atoms with van der Waals surface area (Å²) in [4.78, 5) is 18.1. The van der Waals surface area contributed by atoms with E-state index in [-0.39, 0.29) is 6.03 Å². The number of amides is 2. The van der Waals surface area contributed by atoms with Crippen LogP contribution in [-0.4, -0.2) is 67.1 Å². The summed E-state index contributed by atoms with van der Waals surface area (Å²) in [5.41, 5.74) is 1.26. The van der Waals surface area contributed by atoms with Crippen molar-refractivity contribution in [2.45, 2.75) is 12.6 Å². The van der Waals surface area contributed by atoms with Gasteiger partial charge in [-0.1, -0.05) is 12.1 Å². The molecule has 2 fully saturated rings. The Morgan fingerprint density at radius 3 is 2.95 bits per heavy atom. The molecule has 5 nitrogen and oxygen atoms in total. The third-order valence-electron chi connectivity index (χ3n) is 4.16. The van der Waals surface area contributed by atoms with Gasteiger partial charge in [-0.3, -0.25) is 4.90 Å². The molecule has 0 spiro atoms. The van der Waals surface area contributed by atoms with Crippen LogP contribution in [0.15, 0.2) is 24.3 Å². The zero-order chi connectivity index (χ0) is 14.1. The zero-order valence-electron chi connectivity index (χ0n) is 12.1. The van der Waals surface area contributed by atoms with Crippen molar-refractivity contribution in [1.82, 2.24) is 14.7 Å². The number of benzene rings is 1. The van der Waals surface area contributed by atoms with Gasteiger partial charge in [-0.15, -0.1) is 0 Å². The normalized spacial score (nSPS) is 23.1. The summed E-state index contributed by atoms with van der Waals surface area (Å²) >= 11 is 0. The predicted molar refractivity (Wildman–Crippen MR) is 76.8 cm³/mol. The molecular weight excluding hydrogens is 254 g/mol. The number of piperazine rings is 1. The standard InChI is InChI=1S/C15H21N3O2/c1-16-10-13-11-17(6-7-18(13)15(16)19)9-12-4-3-5-14(8-12)20-2/h3-5,8,13H,6-7,9-11H2,1-2H3. The van der Waals surface area contributed by atoms with Crippen LogP contribution in [-0.2, 0) is 6.54 Å². The summed E-state index contributed by atoms with van der Waals surface area (Å²) in [5, 5.41) is 0. The van der Waals surface area contributed by atoms with E-state index < -0.39 is 0 Å². The van der Waals surface area contributed by atoms with E-state index in [0.717, 1.165) is 38.5 Å². The lowest BCUT2D eigenvalue weighted by Crippen LogP contribution is -2.51. The van der Waals surface area contributed by atoms with Crippen molar-refractivity contribution in [3.05, 3.63) is 29.8 Å². The molecule has 1 atom stereocenters. The second kappa shape index (κ2) is 5.32. The number of fused-ring (bicyclic) bond motifs is 1. The van der Waals surface area contributed by atoms with Gasteiger partial charge in [0.05, 0.1) is 13.2 Å². The Morgan fingerprint density at radius 1 is 1.30 bits per heavy atom. The number of urea groups is 1. The molecule has 20 heavy (non-hydrogen) atoms. The minimum Gasteiger partial charge on any atom is -0.497 e. The minimum absolute atomic E-state index is 0.177. The quantitative estimate of drug-likeness (QED) is 0.833. The molecule has 1 unspecified atom stereocenters. The zero-order valence-corrected chi connectivity index (χ0v) is 12.1. The molecule has 0 bridgehead atoms. The van der Waals surface area contributed by atoms with Crippen molar-refractivity contribution in [2.75, 3.05) is 40.3 Å². The lowest BCUT2D eigenvalue weighted by molar-refractivity contribution is 0.116. The fourth-order valence-electron chi connectivity index (χ4n) is 3.11. The van der Waals surface area contributed by atoms with E-state index in [2.05, 4.69) is 17.0 Å². The third kappa shape index (κ3) is 2.45. The molecule has 2 saturated heterocycles. The van der Waals surface area contributed by atoms with Crippen LogP contribution in [0.3, 0.4) is 0 Å². The Labute approximate surface area is 119 Å².